The molecule has 1 rings (SSSR count). The number of aliphatic carboxylic acids is 1. The van der Waals surface area contributed by atoms with Gasteiger partial charge in [-0.1, -0.05) is 0 Å². The molecule has 0 aliphatic carbocycles. The second kappa shape index (κ2) is 8.29. The van der Waals surface area contributed by atoms with Gasteiger partial charge in [0.05, 0.1) is 19.6 Å². The molecule has 0 amide bonds. The summed E-state index contributed by atoms with van der Waals surface area (Å²) in [4.78, 5) is 23.1. The second-order valence-electron chi connectivity index (χ2n) is 4.27. The number of hydrogen-bond donors (Lipinski definition) is 3. The summed E-state index contributed by atoms with van der Waals surface area (Å²) >= 11 is 0. The van der Waals surface area contributed by atoms with Gasteiger partial charge >= 0.3 is 5.97 Å². The number of hydrogen-bond acceptors (Lipinski definition) is 5. The Kier molecular flexibility index (Phi) is 6.69. The van der Waals surface area contributed by atoms with Gasteiger partial charge in [-0.15, -0.1) is 0 Å². The molecule has 0 aliphatic rings. The van der Waals surface area contributed by atoms with Crippen LogP contribution >= 0.6 is 0 Å². The van der Waals surface area contributed by atoms with Crippen LogP contribution in [0.1, 0.15) is 23.2 Å². The summed E-state index contributed by atoms with van der Waals surface area (Å²) in [6.07, 6.45) is 0.169. The lowest BCUT2D eigenvalue weighted by atomic mass is 10.0. The number of carbonyl (C=O) groups excluding carboxylic acids is 1. The molecule has 1 aromatic rings. The summed E-state index contributed by atoms with van der Waals surface area (Å²) in [5.74, 6) is -0.703. The Hall–Kier alpha value is -1.92. The Labute approximate surface area is 117 Å². The standard InChI is InChI=1S/C14H19NO5/c1-20-11-5-3-10(4-6-11)14(19)12(9-13(17)18)15-7-2-8-16/h3-6,12,15-16H,2,7-9H2,1H3,(H,17,18). The molecule has 1 unspecified atom stereocenters. The average molecular weight is 281 g/mol. The van der Waals surface area contributed by atoms with Crippen molar-refractivity contribution in [3.8, 4) is 5.75 Å². The molecule has 6 heteroatoms. The van der Waals surface area contributed by atoms with Crippen molar-refractivity contribution in [2.24, 2.45) is 0 Å². The lowest BCUT2D eigenvalue weighted by molar-refractivity contribution is -0.137. The van der Waals surface area contributed by atoms with Gasteiger partial charge in [-0.25, -0.2) is 0 Å². The van der Waals surface area contributed by atoms with Gasteiger partial charge in [-0.05, 0) is 37.2 Å². The fourth-order valence-electron chi connectivity index (χ4n) is 1.74. The van der Waals surface area contributed by atoms with Crippen LogP contribution in [0, 0.1) is 0 Å². The highest BCUT2D eigenvalue weighted by molar-refractivity contribution is 6.01. The van der Waals surface area contributed by atoms with E-state index < -0.39 is 12.0 Å². The van der Waals surface area contributed by atoms with Crippen LogP contribution in [0.5, 0.6) is 5.75 Å². The highest BCUT2D eigenvalue weighted by atomic mass is 16.5. The van der Waals surface area contributed by atoms with E-state index >= 15 is 0 Å². The Morgan fingerprint density at radius 2 is 1.95 bits per heavy atom. The minimum Gasteiger partial charge on any atom is -0.497 e. The van der Waals surface area contributed by atoms with E-state index in [-0.39, 0.29) is 18.8 Å². The molecule has 6 nitrogen and oxygen atoms in total. The molecular formula is C14H19NO5. The maximum atomic E-state index is 12.2. The third-order valence-electron chi connectivity index (χ3n) is 2.80. The Balaban J connectivity index is 2.76. The van der Waals surface area contributed by atoms with Crippen molar-refractivity contribution < 1.29 is 24.5 Å². The van der Waals surface area contributed by atoms with Gasteiger partial charge in [0.2, 0.25) is 0 Å². The number of carbonyl (C=O) groups is 2. The van der Waals surface area contributed by atoms with E-state index in [1.807, 2.05) is 0 Å². The minimum absolute atomic E-state index is 0.0104. The summed E-state index contributed by atoms with van der Waals surface area (Å²) < 4.78 is 5.00. The van der Waals surface area contributed by atoms with E-state index in [2.05, 4.69) is 5.32 Å². The van der Waals surface area contributed by atoms with Gasteiger partial charge in [-0.3, -0.25) is 9.59 Å². The lowest BCUT2D eigenvalue weighted by Gasteiger charge is -2.15. The zero-order valence-corrected chi connectivity index (χ0v) is 11.3. The SMILES string of the molecule is COc1ccc(C(=O)C(CC(=O)O)NCCCO)cc1. The number of Topliss-reactive ketones (excluding diaryl/α,β-unsaturated/α-hetero) is 1. The molecule has 110 valence electrons. The summed E-state index contributed by atoms with van der Waals surface area (Å²) in [7, 11) is 1.53. The molecule has 20 heavy (non-hydrogen) atoms. The summed E-state index contributed by atoms with van der Waals surface area (Å²) in [5, 5.41) is 20.4. The Morgan fingerprint density at radius 3 is 2.45 bits per heavy atom. The first kappa shape index (κ1) is 16.1. The molecule has 1 atom stereocenters. The number of ketones is 1. The molecule has 0 radical (unpaired) electrons. The number of rotatable bonds is 9. The maximum Gasteiger partial charge on any atom is 0.305 e. The zero-order chi connectivity index (χ0) is 15.0. The predicted octanol–water partition coefficient (Wildman–Crippen LogP) is 0.693. The third-order valence-corrected chi connectivity index (χ3v) is 2.80. The highest BCUT2D eigenvalue weighted by Crippen LogP contribution is 2.13. The molecule has 0 saturated carbocycles. The molecular weight excluding hydrogens is 262 g/mol. The van der Waals surface area contributed by atoms with Gasteiger partial charge < -0.3 is 20.3 Å². The van der Waals surface area contributed by atoms with E-state index in [1.165, 1.54) is 7.11 Å². The predicted molar refractivity (Wildman–Crippen MR) is 73.1 cm³/mol. The van der Waals surface area contributed by atoms with Crippen molar-refractivity contribution in [3.05, 3.63) is 29.8 Å². The van der Waals surface area contributed by atoms with Crippen LogP contribution in [0.4, 0.5) is 0 Å². The van der Waals surface area contributed by atoms with E-state index in [1.54, 1.807) is 24.3 Å². The quantitative estimate of drug-likeness (QED) is 0.455. The molecule has 0 aromatic heterocycles. The first-order valence-electron chi connectivity index (χ1n) is 6.32. The number of aliphatic hydroxyl groups is 1. The van der Waals surface area contributed by atoms with Gasteiger partial charge in [0.15, 0.2) is 5.78 Å². The van der Waals surface area contributed by atoms with Crippen molar-refractivity contribution in [2.75, 3.05) is 20.3 Å². The van der Waals surface area contributed by atoms with Crippen LogP contribution in [0.3, 0.4) is 0 Å². The number of carboxylic acids is 1. The van der Waals surface area contributed by atoms with E-state index in [0.717, 1.165) is 0 Å². The molecule has 0 aliphatic heterocycles. The van der Waals surface area contributed by atoms with Crippen LogP contribution in [-0.4, -0.2) is 48.3 Å². The van der Waals surface area contributed by atoms with Gasteiger partial charge in [-0.2, -0.15) is 0 Å². The number of benzene rings is 1. The van der Waals surface area contributed by atoms with Gasteiger partial charge in [0, 0.05) is 12.2 Å². The van der Waals surface area contributed by atoms with E-state index in [4.69, 9.17) is 14.9 Å². The van der Waals surface area contributed by atoms with Crippen LogP contribution in [0.2, 0.25) is 0 Å². The van der Waals surface area contributed by atoms with Crippen LogP contribution in [0.25, 0.3) is 0 Å². The summed E-state index contributed by atoms with van der Waals surface area (Å²) in [6.45, 7) is 0.375. The van der Waals surface area contributed by atoms with Gasteiger partial charge in [0.1, 0.15) is 5.75 Å². The monoisotopic (exact) mass is 281 g/mol. The van der Waals surface area contributed by atoms with Crippen LogP contribution < -0.4 is 10.1 Å². The second-order valence-corrected chi connectivity index (χ2v) is 4.27. The fourth-order valence-corrected chi connectivity index (χ4v) is 1.74. The Morgan fingerprint density at radius 1 is 1.30 bits per heavy atom. The van der Waals surface area contributed by atoms with Crippen molar-refractivity contribution in [3.63, 3.8) is 0 Å². The first-order chi connectivity index (χ1) is 9.58. The third kappa shape index (κ3) is 4.99. The lowest BCUT2D eigenvalue weighted by Crippen LogP contribution is -2.39. The number of ether oxygens (including phenoxy) is 1. The van der Waals surface area contributed by atoms with E-state index in [9.17, 15) is 9.59 Å². The summed E-state index contributed by atoms with van der Waals surface area (Å²) in [5.41, 5.74) is 0.425. The molecule has 0 saturated heterocycles. The maximum absolute atomic E-state index is 12.2. The topological polar surface area (TPSA) is 95.9 Å². The van der Waals surface area contributed by atoms with Crippen molar-refractivity contribution in [2.45, 2.75) is 18.9 Å². The number of nitrogens with one attached hydrogen (secondary N) is 1. The molecule has 0 heterocycles. The summed E-state index contributed by atoms with van der Waals surface area (Å²) in [6, 6.07) is 5.71. The molecule has 1 aromatic carbocycles. The van der Waals surface area contributed by atoms with Crippen LogP contribution in [0.15, 0.2) is 24.3 Å². The first-order valence-corrected chi connectivity index (χ1v) is 6.32. The van der Waals surface area contributed by atoms with Crippen LogP contribution in [-0.2, 0) is 4.79 Å². The zero-order valence-electron chi connectivity index (χ0n) is 11.3. The number of methoxy groups -OCH3 is 1. The minimum atomic E-state index is -1.05. The molecule has 0 fully saturated rings. The molecule has 0 bridgehead atoms. The molecule has 3 N–H and O–H groups in total. The smallest absolute Gasteiger partial charge is 0.305 e. The molecule has 0 spiro atoms. The van der Waals surface area contributed by atoms with E-state index in [0.29, 0.717) is 24.3 Å². The highest BCUT2D eigenvalue weighted by Gasteiger charge is 2.22. The average Bonchev–Trinajstić information content (AvgIpc) is 2.45. The number of carboxylic acid groups (broad SMARTS) is 1. The normalized spacial score (nSPS) is 11.9. The van der Waals surface area contributed by atoms with Crippen molar-refractivity contribution in [1.29, 1.82) is 0 Å². The number of aliphatic hydroxyl groups excluding tert-OH is 1. The fraction of sp³-hybridized carbons (Fsp3) is 0.429. The van der Waals surface area contributed by atoms with Crippen molar-refractivity contribution >= 4 is 11.8 Å². The Bertz CT molecular complexity index is 443. The van der Waals surface area contributed by atoms with Crippen molar-refractivity contribution in [1.82, 2.24) is 5.32 Å². The largest absolute Gasteiger partial charge is 0.497 e. The van der Waals surface area contributed by atoms with Gasteiger partial charge in [0.25, 0.3) is 0 Å².